The standard InChI is InChI=1S/C13H11FN4O2S/c1-16-13-12(3-2-6-17-13)21(19,20)18-11-5-4-10(14)7-9(11)8-15/h2-7,18H,1H3,(H,16,17). The molecule has 0 radical (unpaired) electrons. The molecule has 0 saturated heterocycles. The summed E-state index contributed by atoms with van der Waals surface area (Å²) in [4.78, 5) is 3.84. The van der Waals surface area contributed by atoms with E-state index in [1.165, 1.54) is 24.4 Å². The molecule has 1 heterocycles. The Balaban J connectivity index is 2.46. The van der Waals surface area contributed by atoms with Gasteiger partial charge in [0.15, 0.2) is 0 Å². The first-order valence-electron chi connectivity index (χ1n) is 5.83. The van der Waals surface area contributed by atoms with Gasteiger partial charge in [-0.25, -0.2) is 17.8 Å². The van der Waals surface area contributed by atoms with Crippen LogP contribution in [0, 0.1) is 17.1 Å². The summed E-state index contributed by atoms with van der Waals surface area (Å²) >= 11 is 0. The van der Waals surface area contributed by atoms with Crippen molar-refractivity contribution in [3.05, 3.63) is 47.9 Å². The van der Waals surface area contributed by atoms with Crippen LogP contribution in [-0.2, 0) is 10.0 Å². The van der Waals surface area contributed by atoms with Crippen LogP contribution in [0.1, 0.15) is 5.56 Å². The van der Waals surface area contributed by atoms with Gasteiger partial charge in [0.25, 0.3) is 10.0 Å². The number of rotatable bonds is 4. The van der Waals surface area contributed by atoms with Crippen LogP contribution >= 0.6 is 0 Å². The van der Waals surface area contributed by atoms with Crippen LogP contribution in [0.2, 0.25) is 0 Å². The predicted molar refractivity (Wildman–Crippen MR) is 75.7 cm³/mol. The second kappa shape index (κ2) is 5.76. The zero-order chi connectivity index (χ0) is 15.5. The number of pyridine rings is 1. The first kappa shape index (κ1) is 14.7. The molecular formula is C13H11FN4O2S. The van der Waals surface area contributed by atoms with Gasteiger partial charge in [-0.2, -0.15) is 5.26 Å². The first-order chi connectivity index (χ1) is 9.97. The van der Waals surface area contributed by atoms with E-state index in [2.05, 4.69) is 15.0 Å². The van der Waals surface area contributed by atoms with Gasteiger partial charge in [0.2, 0.25) is 0 Å². The molecule has 1 aromatic carbocycles. The number of nitrogens with zero attached hydrogens (tertiary/aromatic N) is 2. The molecule has 108 valence electrons. The summed E-state index contributed by atoms with van der Waals surface area (Å²) in [5.41, 5.74) is -0.0988. The van der Waals surface area contributed by atoms with Crippen molar-refractivity contribution in [2.24, 2.45) is 0 Å². The summed E-state index contributed by atoms with van der Waals surface area (Å²) in [6.45, 7) is 0. The van der Waals surface area contributed by atoms with Gasteiger partial charge in [0, 0.05) is 13.2 Å². The second-order valence-corrected chi connectivity index (χ2v) is 5.66. The van der Waals surface area contributed by atoms with Crippen LogP contribution in [0.25, 0.3) is 0 Å². The molecule has 21 heavy (non-hydrogen) atoms. The molecule has 2 N–H and O–H groups in total. The maximum absolute atomic E-state index is 13.1. The van der Waals surface area contributed by atoms with E-state index < -0.39 is 15.8 Å². The number of halogens is 1. The SMILES string of the molecule is CNc1ncccc1S(=O)(=O)Nc1ccc(F)cc1C#N. The van der Waals surface area contributed by atoms with Gasteiger partial charge < -0.3 is 5.32 Å². The molecule has 0 amide bonds. The summed E-state index contributed by atoms with van der Waals surface area (Å²) in [6.07, 6.45) is 1.45. The van der Waals surface area contributed by atoms with Crippen molar-refractivity contribution in [2.75, 3.05) is 17.1 Å². The summed E-state index contributed by atoms with van der Waals surface area (Å²) in [5, 5.41) is 11.6. The van der Waals surface area contributed by atoms with Crippen LogP contribution in [0.4, 0.5) is 15.9 Å². The van der Waals surface area contributed by atoms with Crippen molar-refractivity contribution in [2.45, 2.75) is 4.90 Å². The van der Waals surface area contributed by atoms with E-state index in [-0.39, 0.29) is 22.0 Å². The van der Waals surface area contributed by atoms with Crippen molar-refractivity contribution < 1.29 is 12.8 Å². The molecule has 8 heteroatoms. The Labute approximate surface area is 121 Å². The number of benzene rings is 1. The lowest BCUT2D eigenvalue weighted by atomic mass is 10.2. The molecule has 0 unspecified atom stereocenters. The van der Waals surface area contributed by atoms with E-state index >= 15 is 0 Å². The highest BCUT2D eigenvalue weighted by atomic mass is 32.2. The number of hydrogen-bond donors (Lipinski definition) is 2. The highest BCUT2D eigenvalue weighted by Crippen LogP contribution is 2.23. The summed E-state index contributed by atoms with van der Waals surface area (Å²) < 4.78 is 40.0. The Morgan fingerprint density at radius 3 is 2.76 bits per heavy atom. The largest absolute Gasteiger partial charge is 0.372 e. The fourth-order valence-corrected chi connectivity index (χ4v) is 2.94. The van der Waals surface area contributed by atoms with Gasteiger partial charge in [-0.15, -0.1) is 0 Å². The molecule has 6 nitrogen and oxygen atoms in total. The summed E-state index contributed by atoms with van der Waals surface area (Å²) in [7, 11) is -2.41. The Kier molecular flexibility index (Phi) is 4.05. The molecule has 2 aromatic rings. The van der Waals surface area contributed by atoms with Gasteiger partial charge >= 0.3 is 0 Å². The lowest BCUT2D eigenvalue weighted by Crippen LogP contribution is -2.16. The van der Waals surface area contributed by atoms with Crippen LogP contribution in [-0.4, -0.2) is 20.4 Å². The van der Waals surface area contributed by atoms with E-state index in [1.54, 1.807) is 13.1 Å². The molecule has 1 aromatic heterocycles. The Hall–Kier alpha value is -2.66. The highest BCUT2D eigenvalue weighted by molar-refractivity contribution is 7.92. The third-order valence-electron chi connectivity index (χ3n) is 2.64. The Morgan fingerprint density at radius 2 is 2.10 bits per heavy atom. The third-order valence-corrected chi connectivity index (χ3v) is 4.04. The average Bonchev–Trinajstić information content (AvgIpc) is 2.48. The van der Waals surface area contributed by atoms with Crippen molar-refractivity contribution in [3.8, 4) is 6.07 Å². The Morgan fingerprint density at radius 1 is 1.33 bits per heavy atom. The van der Waals surface area contributed by atoms with Gasteiger partial charge in [-0.1, -0.05) is 0 Å². The number of sulfonamides is 1. The van der Waals surface area contributed by atoms with Gasteiger partial charge in [0.05, 0.1) is 11.3 Å². The fraction of sp³-hybridized carbons (Fsp3) is 0.0769. The van der Waals surface area contributed by atoms with Gasteiger partial charge in [0.1, 0.15) is 22.6 Å². The van der Waals surface area contributed by atoms with Crippen molar-refractivity contribution in [1.82, 2.24) is 4.98 Å². The quantitative estimate of drug-likeness (QED) is 0.900. The molecule has 0 bridgehead atoms. The maximum atomic E-state index is 13.1. The average molecular weight is 306 g/mol. The molecule has 0 fully saturated rings. The van der Waals surface area contributed by atoms with E-state index in [4.69, 9.17) is 5.26 Å². The number of anilines is 2. The topological polar surface area (TPSA) is 94.9 Å². The third kappa shape index (κ3) is 3.09. The number of hydrogen-bond acceptors (Lipinski definition) is 5. The van der Waals surface area contributed by atoms with Crippen molar-refractivity contribution >= 4 is 21.5 Å². The predicted octanol–water partition coefficient (Wildman–Crippen LogP) is 1.93. The van der Waals surface area contributed by atoms with Crippen LogP contribution in [0.5, 0.6) is 0 Å². The Bertz CT molecular complexity index is 815. The minimum atomic E-state index is -3.95. The van der Waals surface area contributed by atoms with Gasteiger partial charge in [-0.05, 0) is 30.3 Å². The van der Waals surface area contributed by atoms with Crippen molar-refractivity contribution in [1.29, 1.82) is 5.26 Å². The fourth-order valence-electron chi connectivity index (χ4n) is 1.69. The van der Waals surface area contributed by atoms with E-state index in [9.17, 15) is 12.8 Å². The molecule has 2 rings (SSSR count). The summed E-state index contributed by atoms with van der Waals surface area (Å²) in [5.74, 6) is -0.447. The minimum Gasteiger partial charge on any atom is -0.372 e. The molecule has 0 aliphatic heterocycles. The lowest BCUT2D eigenvalue weighted by molar-refractivity contribution is 0.601. The first-order valence-corrected chi connectivity index (χ1v) is 7.31. The molecule has 0 spiro atoms. The lowest BCUT2D eigenvalue weighted by Gasteiger charge is -2.12. The van der Waals surface area contributed by atoms with Gasteiger partial charge in [-0.3, -0.25) is 4.72 Å². The highest BCUT2D eigenvalue weighted by Gasteiger charge is 2.20. The van der Waals surface area contributed by atoms with Crippen LogP contribution in [0.15, 0.2) is 41.4 Å². The molecule has 0 saturated carbocycles. The molecule has 0 atom stereocenters. The van der Waals surface area contributed by atoms with Crippen LogP contribution < -0.4 is 10.0 Å². The van der Waals surface area contributed by atoms with E-state index in [0.717, 1.165) is 12.1 Å². The molecular weight excluding hydrogens is 295 g/mol. The van der Waals surface area contributed by atoms with E-state index in [1.807, 2.05) is 0 Å². The zero-order valence-electron chi connectivity index (χ0n) is 11.0. The number of nitriles is 1. The number of nitrogens with one attached hydrogen (secondary N) is 2. The molecule has 0 aliphatic carbocycles. The number of aromatic nitrogens is 1. The van der Waals surface area contributed by atoms with E-state index in [0.29, 0.717) is 0 Å². The normalized spacial score (nSPS) is 10.7. The smallest absolute Gasteiger partial charge is 0.265 e. The van der Waals surface area contributed by atoms with Crippen LogP contribution in [0.3, 0.4) is 0 Å². The minimum absolute atomic E-state index is 0.00445. The second-order valence-electron chi connectivity index (χ2n) is 4.01. The monoisotopic (exact) mass is 306 g/mol. The summed E-state index contributed by atoms with van der Waals surface area (Å²) in [6, 6.07) is 7.81. The zero-order valence-corrected chi connectivity index (χ0v) is 11.8. The van der Waals surface area contributed by atoms with Crippen molar-refractivity contribution in [3.63, 3.8) is 0 Å². The maximum Gasteiger partial charge on any atom is 0.265 e. The molecule has 0 aliphatic rings.